The summed E-state index contributed by atoms with van der Waals surface area (Å²) in [4.78, 5) is 13.1. The van der Waals surface area contributed by atoms with Crippen molar-refractivity contribution in [2.45, 2.75) is 32.6 Å². The molecule has 3 aromatic rings. The van der Waals surface area contributed by atoms with Gasteiger partial charge in [0, 0.05) is 5.69 Å². The first-order chi connectivity index (χ1) is 15.2. The predicted octanol–water partition coefficient (Wildman–Crippen LogP) is 4.84. The quantitative estimate of drug-likeness (QED) is 0.530. The summed E-state index contributed by atoms with van der Waals surface area (Å²) in [6.07, 6.45) is 0. The first kappa shape index (κ1) is 23.3. The van der Waals surface area contributed by atoms with Gasteiger partial charge in [0.05, 0.1) is 17.2 Å². The van der Waals surface area contributed by atoms with E-state index in [1.54, 1.807) is 48.5 Å². The van der Waals surface area contributed by atoms with Crippen molar-refractivity contribution in [3.63, 3.8) is 0 Å². The zero-order valence-electron chi connectivity index (χ0n) is 18.8. The number of rotatable bonds is 8. The molecule has 1 N–H and O–H groups in total. The summed E-state index contributed by atoms with van der Waals surface area (Å²) < 4.78 is 33.9. The lowest BCUT2D eigenvalue weighted by Crippen LogP contribution is -2.38. The highest BCUT2D eigenvalue weighted by atomic mass is 32.2. The van der Waals surface area contributed by atoms with Gasteiger partial charge in [-0.3, -0.25) is 9.10 Å². The highest BCUT2D eigenvalue weighted by Crippen LogP contribution is 2.32. The van der Waals surface area contributed by atoms with E-state index in [4.69, 9.17) is 4.74 Å². The van der Waals surface area contributed by atoms with Crippen molar-refractivity contribution in [2.75, 3.05) is 22.8 Å². The molecule has 0 saturated heterocycles. The van der Waals surface area contributed by atoms with Crippen LogP contribution in [0, 0.1) is 20.8 Å². The zero-order valence-corrected chi connectivity index (χ0v) is 19.6. The molecule has 0 spiro atoms. The number of anilines is 2. The number of carbonyl (C=O) groups excluding carboxylic acids is 1. The third-order valence-electron chi connectivity index (χ3n) is 4.84. The second-order valence-corrected chi connectivity index (χ2v) is 9.51. The van der Waals surface area contributed by atoms with Crippen LogP contribution in [0.25, 0.3) is 0 Å². The number of amides is 1. The van der Waals surface area contributed by atoms with Crippen LogP contribution >= 0.6 is 0 Å². The number of carbonyl (C=O) groups is 1. The number of nitrogens with one attached hydrogen (secondary N) is 1. The predicted molar refractivity (Wildman–Crippen MR) is 128 cm³/mol. The van der Waals surface area contributed by atoms with Gasteiger partial charge in [-0.25, -0.2) is 8.42 Å². The molecule has 0 aromatic heterocycles. The Morgan fingerprint density at radius 3 is 2.16 bits per heavy atom. The molecule has 6 nitrogen and oxygen atoms in total. The fourth-order valence-electron chi connectivity index (χ4n) is 3.46. The highest BCUT2D eigenvalue weighted by Gasteiger charge is 2.29. The molecule has 32 heavy (non-hydrogen) atoms. The Hall–Kier alpha value is -3.32. The van der Waals surface area contributed by atoms with Crippen LogP contribution in [-0.2, 0) is 14.8 Å². The lowest BCUT2D eigenvalue weighted by Gasteiger charge is -2.26. The molecule has 0 aliphatic heterocycles. The number of nitrogens with zero attached hydrogens (tertiary/aromatic N) is 1. The average molecular weight is 453 g/mol. The molecule has 0 bridgehead atoms. The Bertz CT molecular complexity index is 1180. The number of aryl methyl sites for hydroxylation is 3. The van der Waals surface area contributed by atoms with Gasteiger partial charge in [-0.15, -0.1) is 0 Å². The number of hydrogen-bond acceptors (Lipinski definition) is 4. The molecule has 3 aromatic carbocycles. The minimum Gasteiger partial charge on any atom is -0.492 e. The maximum absolute atomic E-state index is 13.6. The monoisotopic (exact) mass is 452 g/mol. The minimum atomic E-state index is -4.02. The molecule has 0 atom stereocenters. The van der Waals surface area contributed by atoms with E-state index in [1.165, 1.54) is 0 Å². The van der Waals surface area contributed by atoms with Crippen LogP contribution in [0.5, 0.6) is 5.75 Å². The van der Waals surface area contributed by atoms with Gasteiger partial charge in [0.1, 0.15) is 12.3 Å². The topological polar surface area (TPSA) is 75.7 Å². The van der Waals surface area contributed by atoms with Gasteiger partial charge in [-0.05, 0) is 75.2 Å². The Morgan fingerprint density at radius 1 is 0.906 bits per heavy atom. The van der Waals surface area contributed by atoms with E-state index < -0.39 is 22.5 Å². The number of sulfonamides is 1. The zero-order chi connectivity index (χ0) is 23.3. The van der Waals surface area contributed by atoms with Crippen molar-refractivity contribution in [3.05, 3.63) is 83.4 Å². The van der Waals surface area contributed by atoms with Crippen molar-refractivity contribution in [2.24, 2.45) is 0 Å². The molecule has 0 saturated carbocycles. The molecular weight excluding hydrogens is 424 g/mol. The second-order valence-electron chi connectivity index (χ2n) is 7.65. The van der Waals surface area contributed by atoms with E-state index in [-0.39, 0.29) is 4.90 Å². The van der Waals surface area contributed by atoms with Gasteiger partial charge in [0.25, 0.3) is 10.0 Å². The number of para-hydroxylation sites is 2. The molecule has 0 aliphatic rings. The van der Waals surface area contributed by atoms with Gasteiger partial charge in [-0.1, -0.05) is 35.9 Å². The molecule has 3 rings (SSSR count). The lowest BCUT2D eigenvalue weighted by atomic mass is 10.1. The van der Waals surface area contributed by atoms with E-state index >= 15 is 0 Å². The van der Waals surface area contributed by atoms with Crippen LogP contribution in [-0.4, -0.2) is 27.5 Å². The van der Waals surface area contributed by atoms with Crippen molar-refractivity contribution in [1.82, 2.24) is 0 Å². The van der Waals surface area contributed by atoms with Gasteiger partial charge in [0.15, 0.2) is 0 Å². The van der Waals surface area contributed by atoms with Crippen LogP contribution in [0.2, 0.25) is 0 Å². The summed E-state index contributed by atoms with van der Waals surface area (Å²) in [5.41, 5.74) is 3.89. The van der Waals surface area contributed by atoms with Crippen molar-refractivity contribution >= 4 is 27.3 Å². The largest absolute Gasteiger partial charge is 0.492 e. The van der Waals surface area contributed by atoms with E-state index in [1.807, 2.05) is 45.9 Å². The van der Waals surface area contributed by atoms with E-state index in [0.717, 1.165) is 21.0 Å². The van der Waals surface area contributed by atoms with Crippen LogP contribution in [0.15, 0.2) is 71.6 Å². The van der Waals surface area contributed by atoms with Crippen molar-refractivity contribution < 1.29 is 17.9 Å². The highest BCUT2D eigenvalue weighted by molar-refractivity contribution is 7.92. The number of ether oxygens (including phenoxy) is 1. The third-order valence-corrected chi connectivity index (χ3v) is 6.61. The van der Waals surface area contributed by atoms with Gasteiger partial charge >= 0.3 is 0 Å². The second kappa shape index (κ2) is 9.87. The Labute approximate surface area is 189 Å². The molecule has 168 valence electrons. The van der Waals surface area contributed by atoms with Crippen LogP contribution < -0.4 is 14.4 Å². The van der Waals surface area contributed by atoms with E-state index in [9.17, 15) is 13.2 Å². The molecule has 0 aliphatic carbocycles. The summed E-state index contributed by atoms with van der Waals surface area (Å²) in [6.45, 7) is 7.56. The first-order valence-corrected chi connectivity index (χ1v) is 11.8. The van der Waals surface area contributed by atoms with E-state index in [0.29, 0.717) is 23.7 Å². The number of benzene rings is 3. The summed E-state index contributed by atoms with van der Waals surface area (Å²) >= 11 is 0. The fraction of sp³-hybridized carbons (Fsp3) is 0.240. The summed E-state index contributed by atoms with van der Waals surface area (Å²) in [5.74, 6) is -0.0538. The molecule has 0 heterocycles. The SMILES string of the molecule is CCOc1ccccc1N(CC(=O)Nc1cc(C)cc(C)c1)S(=O)(=O)c1ccc(C)cc1. The maximum atomic E-state index is 13.6. The van der Waals surface area contributed by atoms with E-state index in [2.05, 4.69) is 5.32 Å². The van der Waals surface area contributed by atoms with Gasteiger partial charge < -0.3 is 10.1 Å². The molecule has 7 heteroatoms. The summed E-state index contributed by atoms with van der Waals surface area (Å²) in [7, 11) is -4.02. The Kier molecular flexibility index (Phi) is 7.20. The molecule has 0 unspecified atom stereocenters. The summed E-state index contributed by atoms with van der Waals surface area (Å²) in [6, 6.07) is 19.1. The van der Waals surface area contributed by atoms with Crippen molar-refractivity contribution in [1.29, 1.82) is 0 Å². The number of hydrogen-bond donors (Lipinski definition) is 1. The smallest absolute Gasteiger partial charge is 0.264 e. The Morgan fingerprint density at radius 2 is 1.53 bits per heavy atom. The van der Waals surface area contributed by atoms with Crippen molar-refractivity contribution in [3.8, 4) is 5.75 Å². The molecule has 0 fully saturated rings. The van der Waals surface area contributed by atoms with Crippen LogP contribution in [0.4, 0.5) is 11.4 Å². The van der Waals surface area contributed by atoms with Gasteiger partial charge in [0.2, 0.25) is 5.91 Å². The third kappa shape index (κ3) is 5.48. The van der Waals surface area contributed by atoms with Crippen LogP contribution in [0.1, 0.15) is 23.6 Å². The summed E-state index contributed by atoms with van der Waals surface area (Å²) in [5, 5.41) is 2.82. The maximum Gasteiger partial charge on any atom is 0.264 e. The molecular formula is C25H28N2O4S. The fourth-order valence-corrected chi connectivity index (χ4v) is 4.89. The standard InChI is InChI=1S/C25H28N2O4S/c1-5-31-24-9-7-6-8-23(24)27(32(29,30)22-12-10-18(2)11-13-22)17-25(28)26-21-15-19(3)14-20(4)16-21/h6-16H,5,17H2,1-4H3,(H,26,28). The average Bonchev–Trinajstić information content (AvgIpc) is 2.72. The van der Waals surface area contributed by atoms with Crippen LogP contribution in [0.3, 0.4) is 0 Å². The Balaban J connectivity index is 2.00. The normalized spacial score (nSPS) is 11.1. The van der Waals surface area contributed by atoms with Gasteiger partial charge in [-0.2, -0.15) is 0 Å². The molecule has 0 radical (unpaired) electrons. The lowest BCUT2D eigenvalue weighted by molar-refractivity contribution is -0.114. The molecule has 1 amide bonds. The first-order valence-electron chi connectivity index (χ1n) is 10.4. The minimum absolute atomic E-state index is 0.105.